The summed E-state index contributed by atoms with van der Waals surface area (Å²) in [5.41, 5.74) is -0.575. The van der Waals surface area contributed by atoms with Gasteiger partial charge in [-0.2, -0.15) is 0 Å². The predicted molar refractivity (Wildman–Crippen MR) is 86.3 cm³/mol. The number of nitrogens with one attached hydrogen (secondary N) is 1. The zero-order chi connectivity index (χ0) is 18.7. The molecule has 0 aromatic heterocycles. The first-order chi connectivity index (χ1) is 11.7. The molecule has 9 heteroatoms. The lowest BCUT2D eigenvalue weighted by Crippen LogP contribution is -2.30. The van der Waals surface area contributed by atoms with Crippen LogP contribution in [0.15, 0.2) is 30.3 Å². The maximum atomic E-state index is 13.5. The van der Waals surface area contributed by atoms with Crippen molar-refractivity contribution in [2.24, 2.45) is 0 Å². The Labute approximate surface area is 150 Å². The van der Waals surface area contributed by atoms with Crippen LogP contribution in [0, 0.1) is 17.5 Å². The molecule has 0 unspecified atom stereocenters. The standard InChI is InChI=1S/C16H10Cl2F3NO3/c1-7(25-16(24)8-4-9(17)6-10(18)5-8)15(23)22-12-3-2-11(19)13(20)14(12)21/h2-7H,1H3,(H,22,23)/t7-/m1/s1. The summed E-state index contributed by atoms with van der Waals surface area (Å²) >= 11 is 11.5. The Morgan fingerprint density at radius 1 is 1.04 bits per heavy atom. The van der Waals surface area contributed by atoms with Gasteiger partial charge < -0.3 is 10.1 Å². The van der Waals surface area contributed by atoms with E-state index in [2.05, 4.69) is 0 Å². The quantitative estimate of drug-likeness (QED) is 0.612. The summed E-state index contributed by atoms with van der Waals surface area (Å²) in [7, 11) is 0. The van der Waals surface area contributed by atoms with Crippen molar-refractivity contribution in [1.29, 1.82) is 0 Å². The summed E-state index contributed by atoms with van der Waals surface area (Å²) in [6.07, 6.45) is -1.35. The fourth-order valence-electron chi connectivity index (χ4n) is 1.81. The summed E-state index contributed by atoms with van der Waals surface area (Å²) in [5.74, 6) is -6.51. The first kappa shape index (κ1) is 19.1. The lowest BCUT2D eigenvalue weighted by Gasteiger charge is -2.14. The Morgan fingerprint density at radius 3 is 2.24 bits per heavy atom. The molecule has 2 aromatic rings. The molecule has 0 radical (unpaired) electrons. The number of rotatable bonds is 4. The van der Waals surface area contributed by atoms with Crippen LogP contribution in [0.4, 0.5) is 18.9 Å². The second-order valence-corrected chi connectivity index (χ2v) is 5.79. The lowest BCUT2D eigenvalue weighted by molar-refractivity contribution is -0.123. The summed E-state index contributed by atoms with van der Waals surface area (Å²) in [6, 6.07) is 5.47. The molecular weight excluding hydrogens is 382 g/mol. The van der Waals surface area contributed by atoms with E-state index in [1.165, 1.54) is 25.1 Å². The number of carbonyl (C=O) groups is 2. The molecule has 0 saturated carbocycles. The third kappa shape index (κ3) is 4.64. The highest BCUT2D eigenvalue weighted by Crippen LogP contribution is 2.21. The van der Waals surface area contributed by atoms with E-state index >= 15 is 0 Å². The number of benzene rings is 2. The van der Waals surface area contributed by atoms with E-state index in [1.807, 2.05) is 5.32 Å². The molecule has 0 aliphatic rings. The molecular formula is C16H10Cl2F3NO3. The fourth-order valence-corrected chi connectivity index (χ4v) is 2.34. The van der Waals surface area contributed by atoms with Crippen LogP contribution in [0.3, 0.4) is 0 Å². The Bertz CT molecular complexity index is 825. The van der Waals surface area contributed by atoms with E-state index in [0.29, 0.717) is 6.07 Å². The van der Waals surface area contributed by atoms with Crippen LogP contribution in [-0.4, -0.2) is 18.0 Å². The molecule has 0 heterocycles. The molecule has 4 nitrogen and oxygen atoms in total. The van der Waals surface area contributed by atoms with Gasteiger partial charge in [0.2, 0.25) is 0 Å². The minimum absolute atomic E-state index is 0.0103. The number of esters is 1. The molecule has 2 rings (SSSR count). The monoisotopic (exact) mass is 391 g/mol. The van der Waals surface area contributed by atoms with Crippen LogP contribution in [0.25, 0.3) is 0 Å². The van der Waals surface area contributed by atoms with Crippen molar-refractivity contribution in [2.75, 3.05) is 5.32 Å². The maximum Gasteiger partial charge on any atom is 0.339 e. The zero-order valence-electron chi connectivity index (χ0n) is 12.6. The van der Waals surface area contributed by atoms with Gasteiger partial charge in [0.15, 0.2) is 23.6 Å². The molecule has 0 aliphatic heterocycles. The van der Waals surface area contributed by atoms with Crippen molar-refractivity contribution in [2.45, 2.75) is 13.0 Å². The number of hydrogen-bond donors (Lipinski definition) is 1. The molecule has 1 N–H and O–H groups in total. The molecule has 1 atom stereocenters. The van der Waals surface area contributed by atoms with Crippen molar-refractivity contribution >= 4 is 40.8 Å². The molecule has 0 saturated heterocycles. The van der Waals surface area contributed by atoms with Crippen LogP contribution >= 0.6 is 23.2 Å². The number of amides is 1. The summed E-state index contributed by atoms with van der Waals surface area (Å²) in [4.78, 5) is 23.9. The Kier molecular flexibility index (Phi) is 5.92. The Morgan fingerprint density at radius 2 is 1.64 bits per heavy atom. The van der Waals surface area contributed by atoms with Crippen molar-refractivity contribution in [3.05, 3.63) is 63.4 Å². The largest absolute Gasteiger partial charge is 0.449 e. The van der Waals surface area contributed by atoms with Crippen molar-refractivity contribution in [3.8, 4) is 0 Å². The molecule has 132 valence electrons. The van der Waals surface area contributed by atoms with E-state index in [1.54, 1.807) is 0 Å². The summed E-state index contributed by atoms with van der Waals surface area (Å²) in [5, 5.41) is 2.40. The summed E-state index contributed by atoms with van der Waals surface area (Å²) < 4.78 is 44.5. The summed E-state index contributed by atoms with van der Waals surface area (Å²) in [6.45, 7) is 1.22. The van der Waals surface area contributed by atoms with Gasteiger partial charge in [0.25, 0.3) is 5.91 Å². The minimum Gasteiger partial charge on any atom is -0.449 e. The van der Waals surface area contributed by atoms with Gasteiger partial charge in [-0.15, -0.1) is 0 Å². The van der Waals surface area contributed by atoms with E-state index < -0.39 is 41.1 Å². The number of halogens is 5. The normalized spacial score (nSPS) is 11.8. The highest BCUT2D eigenvalue weighted by molar-refractivity contribution is 6.35. The van der Waals surface area contributed by atoms with Crippen LogP contribution < -0.4 is 5.32 Å². The minimum atomic E-state index is -1.73. The van der Waals surface area contributed by atoms with E-state index in [0.717, 1.165) is 6.07 Å². The first-order valence-electron chi connectivity index (χ1n) is 6.80. The van der Waals surface area contributed by atoms with Crippen molar-refractivity contribution in [3.63, 3.8) is 0 Å². The van der Waals surface area contributed by atoms with Crippen LogP contribution in [-0.2, 0) is 9.53 Å². The first-order valence-corrected chi connectivity index (χ1v) is 7.56. The van der Waals surface area contributed by atoms with Crippen LogP contribution in [0.1, 0.15) is 17.3 Å². The van der Waals surface area contributed by atoms with E-state index in [9.17, 15) is 22.8 Å². The maximum absolute atomic E-state index is 13.5. The molecule has 1 amide bonds. The molecule has 25 heavy (non-hydrogen) atoms. The highest BCUT2D eigenvalue weighted by atomic mass is 35.5. The predicted octanol–water partition coefficient (Wildman–Crippen LogP) is 4.59. The van der Waals surface area contributed by atoms with E-state index in [-0.39, 0.29) is 15.6 Å². The van der Waals surface area contributed by atoms with Crippen molar-refractivity contribution < 1.29 is 27.5 Å². The molecule has 0 spiro atoms. The highest BCUT2D eigenvalue weighted by Gasteiger charge is 2.22. The van der Waals surface area contributed by atoms with E-state index in [4.69, 9.17) is 27.9 Å². The SMILES string of the molecule is C[C@@H](OC(=O)c1cc(Cl)cc(Cl)c1)C(=O)Nc1ccc(F)c(F)c1F. The topological polar surface area (TPSA) is 55.4 Å². The van der Waals surface area contributed by atoms with Crippen molar-refractivity contribution in [1.82, 2.24) is 0 Å². The average molecular weight is 392 g/mol. The van der Waals surface area contributed by atoms with Gasteiger partial charge >= 0.3 is 5.97 Å². The lowest BCUT2D eigenvalue weighted by atomic mass is 10.2. The molecule has 0 fully saturated rings. The Hall–Kier alpha value is -2.25. The molecule has 2 aromatic carbocycles. The fraction of sp³-hybridized carbons (Fsp3) is 0.125. The van der Waals surface area contributed by atoms with Gasteiger partial charge in [-0.25, -0.2) is 18.0 Å². The number of hydrogen-bond acceptors (Lipinski definition) is 3. The van der Waals surface area contributed by atoms with Crippen LogP contribution in [0.2, 0.25) is 10.0 Å². The average Bonchev–Trinajstić information content (AvgIpc) is 2.54. The van der Waals surface area contributed by atoms with Gasteiger partial charge in [0.05, 0.1) is 11.3 Å². The smallest absolute Gasteiger partial charge is 0.339 e. The van der Waals surface area contributed by atoms with Gasteiger partial charge in [-0.1, -0.05) is 23.2 Å². The third-order valence-electron chi connectivity index (χ3n) is 3.04. The Balaban J connectivity index is 2.07. The number of ether oxygens (including phenoxy) is 1. The van der Waals surface area contributed by atoms with Gasteiger partial charge in [0, 0.05) is 10.0 Å². The third-order valence-corrected chi connectivity index (χ3v) is 3.48. The second-order valence-electron chi connectivity index (χ2n) is 4.92. The number of carbonyl (C=O) groups excluding carboxylic acids is 2. The zero-order valence-corrected chi connectivity index (χ0v) is 14.1. The number of anilines is 1. The van der Waals surface area contributed by atoms with Gasteiger partial charge in [-0.3, -0.25) is 4.79 Å². The van der Waals surface area contributed by atoms with Gasteiger partial charge in [-0.05, 0) is 37.3 Å². The van der Waals surface area contributed by atoms with Gasteiger partial charge in [0.1, 0.15) is 0 Å². The van der Waals surface area contributed by atoms with Crippen LogP contribution in [0.5, 0.6) is 0 Å². The molecule has 0 aliphatic carbocycles. The second kappa shape index (κ2) is 7.76. The molecule has 0 bridgehead atoms.